The van der Waals surface area contributed by atoms with Gasteiger partial charge in [0.15, 0.2) is 5.58 Å². The van der Waals surface area contributed by atoms with Crippen molar-refractivity contribution in [1.82, 2.24) is 14.9 Å². The molecule has 0 aliphatic carbocycles. The average molecular weight is 379 g/mol. The summed E-state index contributed by atoms with van der Waals surface area (Å²) in [4.78, 5) is 13.4. The molecule has 8 heteroatoms. The summed E-state index contributed by atoms with van der Waals surface area (Å²) >= 11 is 1.13. The van der Waals surface area contributed by atoms with Crippen molar-refractivity contribution in [2.75, 3.05) is 5.32 Å². The van der Waals surface area contributed by atoms with Crippen molar-refractivity contribution in [2.24, 2.45) is 12.2 Å². The third kappa shape index (κ3) is 3.71. The number of rotatable bonds is 5. The Kier molecular flexibility index (Phi) is 4.66. The molecule has 0 saturated heterocycles. The lowest BCUT2D eigenvalue weighted by Crippen LogP contribution is -2.14. The molecule has 0 fully saturated rings. The molecule has 0 spiro atoms. The van der Waals surface area contributed by atoms with Gasteiger partial charge in [0, 0.05) is 34.8 Å². The van der Waals surface area contributed by atoms with Gasteiger partial charge < -0.3 is 9.84 Å². The predicted octanol–water partition coefficient (Wildman–Crippen LogP) is 3.38. The molecule has 3 N–H and O–H groups in total. The van der Waals surface area contributed by atoms with Crippen LogP contribution in [0.3, 0.4) is 0 Å². The fourth-order valence-corrected chi connectivity index (χ4v) is 3.29. The Morgan fingerprint density at radius 2 is 2.11 bits per heavy atom. The lowest BCUT2D eigenvalue weighted by molar-refractivity contribution is -0.115. The number of nitrogens with zero attached hydrogens (tertiary/aromatic N) is 3. The molecule has 4 aromatic rings. The molecule has 27 heavy (non-hydrogen) atoms. The molecule has 0 bridgehead atoms. The van der Waals surface area contributed by atoms with E-state index in [9.17, 15) is 4.79 Å². The highest BCUT2D eigenvalue weighted by Gasteiger charge is 2.13. The molecular weight excluding hydrogens is 362 g/mol. The van der Waals surface area contributed by atoms with Crippen molar-refractivity contribution in [3.05, 3.63) is 60.6 Å². The number of fused-ring (bicyclic) bond motifs is 1. The minimum Gasteiger partial charge on any atom is -0.356 e. The zero-order chi connectivity index (χ0) is 18.8. The molecule has 0 saturated carbocycles. The van der Waals surface area contributed by atoms with Gasteiger partial charge >= 0.3 is 0 Å². The van der Waals surface area contributed by atoms with Crippen LogP contribution in [0.1, 0.15) is 5.69 Å². The van der Waals surface area contributed by atoms with Crippen molar-refractivity contribution in [2.45, 2.75) is 11.3 Å². The second-order valence-corrected chi connectivity index (χ2v) is 6.82. The molecule has 4 rings (SSSR count). The number of hydrogen-bond acceptors (Lipinski definition) is 6. The number of para-hydroxylation sites is 1. The number of aryl methyl sites for hydroxylation is 1. The zero-order valence-corrected chi connectivity index (χ0v) is 15.4. The fourth-order valence-electron chi connectivity index (χ4n) is 2.90. The van der Waals surface area contributed by atoms with Crippen LogP contribution in [0.2, 0.25) is 0 Å². The highest BCUT2D eigenvalue weighted by molar-refractivity contribution is 7.97. The molecule has 136 valence electrons. The number of carbonyl (C=O) groups is 1. The van der Waals surface area contributed by atoms with Crippen LogP contribution in [0.25, 0.3) is 22.1 Å². The summed E-state index contributed by atoms with van der Waals surface area (Å²) in [6.45, 7) is 0. The Morgan fingerprint density at radius 3 is 2.89 bits per heavy atom. The smallest absolute Gasteiger partial charge is 0.230 e. The largest absolute Gasteiger partial charge is 0.356 e. The van der Waals surface area contributed by atoms with Gasteiger partial charge in [0.05, 0.1) is 12.6 Å². The predicted molar refractivity (Wildman–Crippen MR) is 105 cm³/mol. The van der Waals surface area contributed by atoms with E-state index < -0.39 is 0 Å². The SMILES string of the molecule is Cn1cc(-c2cc(NC(=O)Cc3noc4ccccc34)cc(SN)c2)cn1. The molecule has 2 aromatic carbocycles. The number of aromatic nitrogens is 3. The first-order valence-electron chi connectivity index (χ1n) is 8.26. The van der Waals surface area contributed by atoms with Gasteiger partial charge in [0.2, 0.25) is 5.91 Å². The Bertz CT molecular complexity index is 1120. The summed E-state index contributed by atoms with van der Waals surface area (Å²) in [7, 11) is 1.86. The third-order valence-corrected chi connectivity index (χ3v) is 4.65. The number of benzene rings is 2. The number of nitrogens with two attached hydrogens (primary N) is 1. The lowest BCUT2D eigenvalue weighted by atomic mass is 10.1. The van der Waals surface area contributed by atoms with Crippen LogP contribution in [-0.4, -0.2) is 20.8 Å². The van der Waals surface area contributed by atoms with Crippen LogP contribution in [0, 0.1) is 0 Å². The maximum absolute atomic E-state index is 12.5. The molecule has 2 aromatic heterocycles. The Labute approximate surface area is 159 Å². The number of nitrogens with one attached hydrogen (secondary N) is 1. The van der Waals surface area contributed by atoms with Gasteiger partial charge in [-0.25, -0.2) is 0 Å². The molecule has 0 aliphatic rings. The second kappa shape index (κ2) is 7.26. The van der Waals surface area contributed by atoms with E-state index in [2.05, 4.69) is 15.6 Å². The molecule has 2 heterocycles. The summed E-state index contributed by atoms with van der Waals surface area (Å²) < 4.78 is 6.98. The van der Waals surface area contributed by atoms with Crippen LogP contribution in [-0.2, 0) is 18.3 Å². The van der Waals surface area contributed by atoms with Crippen molar-refractivity contribution in [3.63, 3.8) is 0 Å². The van der Waals surface area contributed by atoms with Crippen molar-refractivity contribution in [3.8, 4) is 11.1 Å². The first-order chi connectivity index (χ1) is 13.1. The van der Waals surface area contributed by atoms with Crippen LogP contribution in [0.5, 0.6) is 0 Å². The molecule has 1 amide bonds. The number of anilines is 1. The molecule has 0 unspecified atom stereocenters. The molecule has 0 radical (unpaired) electrons. The molecular formula is C19H17N5O2S. The summed E-state index contributed by atoms with van der Waals surface area (Å²) in [6, 6.07) is 13.2. The summed E-state index contributed by atoms with van der Waals surface area (Å²) in [5.74, 6) is -0.176. The van der Waals surface area contributed by atoms with E-state index >= 15 is 0 Å². The maximum Gasteiger partial charge on any atom is 0.230 e. The lowest BCUT2D eigenvalue weighted by Gasteiger charge is -2.09. The van der Waals surface area contributed by atoms with Gasteiger partial charge in [0.1, 0.15) is 5.69 Å². The van der Waals surface area contributed by atoms with E-state index in [0.717, 1.165) is 33.4 Å². The van der Waals surface area contributed by atoms with Gasteiger partial charge in [-0.3, -0.25) is 14.6 Å². The van der Waals surface area contributed by atoms with E-state index in [1.165, 1.54) is 0 Å². The van der Waals surface area contributed by atoms with E-state index in [1.807, 2.05) is 55.7 Å². The standard InChI is InChI=1S/C19H17N5O2S/c1-24-11-13(10-21-24)12-6-14(8-15(7-12)27-20)22-19(25)9-17-16-4-2-3-5-18(16)26-23-17/h2-8,10-11H,9,20H2,1H3,(H,22,25). The topological polar surface area (TPSA) is 99.0 Å². The zero-order valence-electron chi connectivity index (χ0n) is 14.5. The third-order valence-electron chi connectivity index (χ3n) is 4.14. The minimum atomic E-state index is -0.176. The van der Waals surface area contributed by atoms with Crippen LogP contribution >= 0.6 is 11.9 Å². The van der Waals surface area contributed by atoms with Gasteiger partial charge in [-0.1, -0.05) is 17.3 Å². The van der Waals surface area contributed by atoms with E-state index in [1.54, 1.807) is 10.9 Å². The van der Waals surface area contributed by atoms with Crippen molar-refractivity contribution < 1.29 is 9.32 Å². The van der Waals surface area contributed by atoms with Gasteiger partial charge in [-0.05, 0) is 47.8 Å². The molecule has 0 atom stereocenters. The number of hydrogen-bond donors (Lipinski definition) is 2. The number of carbonyl (C=O) groups excluding carboxylic acids is 1. The van der Waals surface area contributed by atoms with Gasteiger partial charge in [-0.2, -0.15) is 5.10 Å². The highest BCUT2D eigenvalue weighted by Crippen LogP contribution is 2.28. The average Bonchev–Trinajstić information content (AvgIpc) is 3.28. The molecule has 0 aliphatic heterocycles. The maximum atomic E-state index is 12.5. The Morgan fingerprint density at radius 1 is 1.26 bits per heavy atom. The van der Waals surface area contributed by atoms with E-state index in [0.29, 0.717) is 17.0 Å². The van der Waals surface area contributed by atoms with Crippen LogP contribution < -0.4 is 10.5 Å². The summed E-state index contributed by atoms with van der Waals surface area (Å²) in [5.41, 5.74) is 3.83. The normalized spacial score (nSPS) is 11.0. The van der Waals surface area contributed by atoms with Crippen LogP contribution in [0.15, 0.2) is 64.3 Å². The fraction of sp³-hybridized carbons (Fsp3) is 0.105. The van der Waals surface area contributed by atoms with Crippen LogP contribution in [0.4, 0.5) is 5.69 Å². The quantitative estimate of drug-likeness (QED) is 0.516. The minimum absolute atomic E-state index is 0.124. The van der Waals surface area contributed by atoms with E-state index in [4.69, 9.17) is 9.66 Å². The summed E-state index contributed by atoms with van der Waals surface area (Å²) in [5, 5.41) is 17.7. The highest BCUT2D eigenvalue weighted by atomic mass is 32.2. The molecule has 7 nitrogen and oxygen atoms in total. The number of amides is 1. The van der Waals surface area contributed by atoms with Gasteiger partial charge in [-0.15, -0.1) is 0 Å². The Hall–Kier alpha value is -3.10. The van der Waals surface area contributed by atoms with Crippen molar-refractivity contribution >= 4 is 34.5 Å². The van der Waals surface area contributed by atoms with Gasteiger partial charge in [0.25, 0.3) is 0 Å². The monoisotopic (exact) mass is 379 g/mol. The second-order valence-electron chi connectivity index (χ2n) is 6.12. The first kappa shape index (κ1) is 17.3. The van der Waals surface area contributed by atoms with Crippen molar-refractivity contribution in [1.29, 1.82) is 0 Å². The van der Waals surface area contributed by atoms with E-state index in [-0.39, 0.29) is 12.3 Å². The Balaban J connectivity index is 1.57. The summed E-state index contributed by atoms with van der Waals surface area (Å²) in [6.07, 6.45) is 3.81. The first-order valence-corrected chi connectivity index (χ1v) is 9.14.